The number of amides is 2. The van der Waals surface area contributed by atoms with Crippen molar-refractivity contribution in [2.24, 2.45) is 5.92 Å². The highest BCUT2D eigenvalue weighted by molar-refractivity contribution is 5.90. The number of benzene rings is 1. The van der Waals surface area contributed by atoms with E-state index in [4.69, 9.17) is 0 Å². The molecular formula is C17H24N2O4. The van der Waals surface area contributed by atoms with E-state index in [-0.39, 0.29) is 18.2 Å². The Hall–Kier alpha value is -2.37. The molecular weight excluding hydrogens is 296 g/mol. The van der Waals surface area contributed by atoms with Crippen LogP contribution in [0.2, 0.25) is 0 Å². The van der Waals surface area contributed by atoms with Gasteiger partial charge in [-0.15, -0.1) is 0 Å². The van der Waals surface area contributed by atoms with Crippen molar-refractivity contribution in [1.29, 1.82) is 0 Å². The molecule has 0 unspecified atom stereocenters. The standard InChI is InChI=1S/C17H24N2O4/c1-10(2)15(18-12(4)20)16(21)19-14(17(22)23)9-13-7-5-11(3)6-8-13/h5-8,10,14-15H,9H2,1-4H3,(H,18,20)(H,19,21)(H,22,23)/t14-,15-/m1/s1. The molecule has 3 N–H and O–H groups in total. The maximum atomic E-state index is 12.3. The minimum atomic E-state index is -1.11. The van der Waals surface area contributed by atoms with Crippen LogP contribution in [0.5, 0.6) is 0 Å². The summed E-state index contributed by atoms with van der Waals surface area (Å²) < 4.78 is 0. The highest BCUT2D eigenvalue weighted by atomic mass is 16.4. The van der Waals surface area contributed by atoms with E-state index in [2.05, 4.69) is 10.6 Å². The van der Waals surface area contributed by atoms with Crippen LogP contribution >= 0.6 is 0 Å². The number of aliphatic carboxylic acids is 1. The fraction of sp³-hybridized carbons (Fsp3) is 0.471. The predicted molar refractivity (Wildman–Crippen MR) is 86.9 cm³/mol. The minimum absolute atomic E-state index is 0.146. The lowest BCUT2D eigenvalue weighted by Gasteiger charge is -2.23. The number of hydrogen-bond acceptors (Lipinski definition) is 3. The van der Waals surface area contributed by atoms with Crippen LogP contribution in [-0.2, 0) is 20.8 Å². The van der Waals surface area contributed by atoms with Gasteiger partial charge in [0.05, 0.1) is 0 Å². The van der Waals surface area contributed by atoms with Gasteiger partial charge in [0.2, 0.25) is 11.8 Å². The molecule has 0 bridgehead atoms. The summed E-state index contributed by atoms with van der Waals surface area (Å²) in [4.78, 5) is 34.9. The minimum Gasteiger partial charge on any atom is -0.480 e. The highest BCUT2D eigenvalue weighted by Crippen LogP contribution is 2.08. The van der Waals surface area contributed by atoms with Crippen molar-refractivity contribution in [2.45, 2.75) is 46.2 Å². The van der Waals surface area contributed by atoms with E-state index in [1.807, 2.05) is 31.2 Å². The number of carbonyl (C=O) groups excluding carboxylic acids is 2. The van der Waals surface area contributed by atoms with Crippen LogP contribution in [0.3, 0.4) is 0 Å². The first-order valence-electron chi connectivity index (χ1n) is 7.56. The molecule has 0 aromatic heterocycles. The molecule has 126 valence electrons. The molecule has 0 aliphatic heterocycles. The average Bonchev–Trinajstić information content (AvgIpc) is 2.45. The Morgan fingerprint density at radius 3 is 2.09 bits per heavy atom. The first-order chi connectivity index (χ1) is 10.7. The zero-order valence-corrected chi connectivity index (χ0v) is 13.9. The predicted octanol–water partition coefficient (Wildman–Crippen LogP) is 1.27. The van der Waals surface area contributed by atoms with E-state index in [1.54, 1.807) is 13.8 Å². The Bertz CT molecular complexity index is 566. The Morgan fingerprint density at radius 2 is 1.65 bits per heavy atom. The number of aryl methyl sites for hydroxylation is 1. The molecule has 0 radical (unpaired) electrons. The molecule has 1 aromatic carbocycles. The fourth-order valence-corrected chi connectivity index (χ4v) is 2.18. The van der Waals surface area contributed by atoms with Crippen molar-refractivity contribution in [1.82, 2.24) is 10.6 Å². The van der Waals surface area contributed by atoms with Crippen molar-refractivity contribution in [3.05, 3.63) is 35.4 Å². The van der Waals surface area contributed by atoms with E-state index in [0.717, 1.165) is 11.1 Å². The number of rotatable bonds is 7. The third-order valence-corrected chi connectivity index (χ3v) is 3.48. The molecule has 0 aliphatic rings. The molecule has 23 heavy (non-hydrogen) atoms. The Balaban J connectivity index is 2.81. The maximum absolute atomic E-state index is 12.3. The molecule has 0 fully saturated rings. The van der Waals surface area contributed by atoms with Crippen molar-refractivity contribution in [2.75, 3.05) is 0 Å². The summed E-state index contributed by atoms with van der Waals surface area (Å²) in [7, 11) is 0. The summed E-state index contributed by atoms with van der Waals surface area (Å²) in [5, 5.41) is 14.4. The number of carboxylic acid groups (broad SMARTS) is 1. The van der Waals surface area contributed by atoms with Gasteiger partial charge in [0.1, 0.15) is 12.1 Å². The Kier molecular flexibility index (Phi) is 6.75. The van der Waals surface area contributed by atoms with Crippen molar-refractivity contribution < 1.29 is 19.5 Å². The van der Waals surface area contributed by atoms with Crippen molar-refractivity contribution in [3.63, 3.8) is 0 Å². The van der Waals surface area contributed by atoms with Gasteiger partial charge >= 0.3 is 5.97 Å². The van der Waals surface area contributed by atoms with Crippen LogP contribution in [0.4, 0.5) is 0 Å². The van der Waals surface area contributed by atoms with Gasteiger partial charge in [0, 0.05) is 13.3 Å². The molecule has 0 aliphatic carbocycles. The second kappa shape index (κ2) is 8.31. The molecule has 2 amide bonds. The third kappa shape index (κ3) is 6.10. The molecule has 1 rings (SSSR count). The smallest absolute Gasteiger partial charge is 0.326 e. The van der Waals surface area contributed by atoms with Gasteiger partial charge < -0.3 is 15.7 Å². The van der Waals surface area contributed by atoms with E-state index in [1.165, 1.54) is 6.92 Å². The van der Waals surface area contributed by atoms with Crippen LogP contribution in [0.1, 0.15) is 31.9 Å². The fourth-order valence-electron chi connectivity index (χ4n) is 2.18. The summed E-state index contributed by atoms with van der Waals surface area (Å²) in [6.07, 6.45) is 0.187. The monoisotopic (exact) mass is 320 g/mol. The second-order valence-corrected chi connectivity index (χ2v) is 6.01. The lowest BCUT2D eigenvalue weighted by Crippen LogP contribution is -2.53. The summed E-state index contributed by atoms with van der Waals surface area (Å²) in [6, 6.07) is 5.66. The summed E-state index contributed by atoms with van der Waals surface area (Å²) in [5.74, 6) is -2.07. The van der Waals surface area contributed by atoms with Crippen LogP contribution in [-0.4, -0.2) is 35.0 Å². The first kappa shape index (κ1) is 18.7. The van der Waals surface area contributed by atoms with Crippen LogP contribution in [0.25, 0.3) is 0 Å². The number of carboxylic acids is 1. The van der Waals surface area contributed by atoms with Crippen LogP contribution in [0.15, 0.2) is 24.3 Å². The number of carbonyl (C=O) groups is 3. The summed E-state index contributed by atoms with van der Waals surface area (Å²) in [6.45, 7) is 6.84. The molecule has 0 saturated carbocycles. The SMILES string of the molecule is CC(=O)N[C@@H](C(=O)N[C@H](Cc1ccc(C)cc1)C(=O)O)C(C)C. The van der Waals surface area contributed by atoms with E-state index in [0.29, 0.717) is 0 Å². The third-order valence-electron chi connectivity index (χ3n) is 3.48. The molecule has 0 saturated heterocycles. The van der Waals surface area contributed by atoms with Gasteiger partial charge in [-0.05, 0) is 18.4 Å². The average molecular weight is 320 g/mol. The summed E-state index contributed by atoms with van der Waals surface area (Å²) in [5.41, 5.74) is 1.90. The second-order valence-electron chi connectivity index (χ2n) is 6.01. The van der Waals surface area contributed by atoms with Gasteiger partial charge in [-0.3, -0.25) is 9.59 Å². The maximum Gasteiger partial charge on any atom is 0.326 e. The van der Waals surface area contributed by atoms with Gasteiger partial charge in [0.25, 0.3) is 0 Å². The summed E-state index contributed by atoms with van der Waals surface area (Å²) >= 11 is 0. The van der Waals surface area contributed by atoms with Gasteiger partial charge in [0.15, 0.2) is 0 Å². The van der Waals surface area contributed by atoms with Crippen LogP contribution in [0, 0.1) is 12.8 Å². The van der Waals surface area contributed by atoms with E-state index >= 15 is 0 Å². The zero-order chi connectivity index (χ0) is 17.6. The number of hydrogen-bond donors (Lipinski definition) is 3. The van der Waals surface area contributed by atoms with Crippen molar-refractivity contribution >= 4 is 17.8 Å². The van der Waals surface area contributed by atoms with Gasteiger partial charge in [-0.1, -0.05) is 43.7 Å². The zero-order valence-electron chi connectivity index (χ0n) is 13.9. The largest absolute Gasteiger partial charge is 0.480 e. The Labute approximate surface area is 136 Å². The molecule has 0 spiro atoms. The molecule has 6 heteroatoms. The first-order valence-corrected chi connectivity index (χ1v) is 7.56. The highest BCUT2D eigenvalue weighted by Gasteiger charge is 2.28. The van der Waals surface area contributed by atoms with Crippen LogP contribution < -0.4 is 10.6 Å². The van der Waals surface area contributed by atoms with E-state index < -0.39 is 24.0 Å². The van der Waals surface area contributed by atoms with Gasteiger partial charge in [-0.25, -0.2) is 4.79 Å². The molecule has 6 nitrogen and oxygen atoms in total. The van der Waals surface area contributed by atoms with Crippen molar-refractivity contribution in [3.8, 4) is 0 Å². The molecule has 1 aromatic rings. The lowest BCUT2D eigenvalue weighted by atomic mass is 10.0. The normalized spacial score (nSPS) is 13.3. The Morgan fingerprint density at radius 1 is 1.09 bits per heavy atom. The lowest BCUT2D eigenvalue weighted by molar-refractivity contribution is -0.142. The molecule has 0 heterocycles. The van der Waals surface area contributed by atoms with Gasteiger partial charge in [-0.2, -0.15) is 0 Å². The molecule has 2 atom stereocenters. The quantitative estimate of drug-likeness (QED) is 0.705. The number of nitrogens with one attached hydrogen (secondary N) is 2. The van der Waals surface area contributed by atoms with E-state index in [9.17, 15) is 19.5 Å². The topological polar surface area (TPSA) is 95.5 Å².